The molecular formula is C23H15ClF2N6O2S. The fourth-order valence-corrected chi connectivity index (χ4v) is 5.16. The van der Waals surface area contributed by atoms with Crippen LogP contribution in [0.4, 0.5) is 20.5 Å². The summed E-state index contributed by atoms with van der Waals surface area (Å²) in [5, 5.41) is 11.7. The van der Waals surface area contributed by atoms with Crippen LogP contribution in [-0.2, 0) is 15.6 Å². The molecule has 0 spiro atoms. The number of aromatic nitrogens is 4. The van der Waals surface area contributed by atoms with Gasteiger partial charge in [-0.2, -0.15) is 5.26 Å². The summed E-state index contributed by atoms with van der Waals surface area (Å²) < 4.78 is 53.2. The van der Waals surface area contributed by atoms with Crippen LogP contribution in [0, 0.1) is 29.9 Å². The average Bonchev–Trinajstić information content (AvgIpc) is 2.82. The number of pyridine rings is 2. The van der Waals surface area contributed by atoms with Crippen LogP contribution in [0.2, 0.25) is 5.15 Å². The number of nitrogens with zero attached hydrogens (tertiary/aromatic N) is 5. The molecule has 0 saturated heterocycles. The van der Waals surface area contributed by atoms with Crippen molar-refractivity contribution in [3.63, 3.8) is 0 Å². The standard InChI is InChI=1S/C23H15ClF2N6O2S/c1-13-17(15-4-5-28-21(6-15)32-23-30-9-14(8-27)10-31-23)11-29-22(24)18(13)12-35(33,34)20-3-2-16(25)7-19(20)26/h2-7,9-11H,12H2,1H3,(H,28,30,31,32). The Hall–Kier alpha value is -4.01. The van der Waals surface area contributed by atoms with Crippen LogP contribution >= 0.6 is 11.6 Å². The Morgan fingerprint density at radius 1 is 1.06 bits per heavy atom. The van der Waals surface area contributed by atoms with Gasteiger partial charge in [-0.1, -0.05) is 11.6 Å². The van der Waals surface area contributed by atoms with E-state index in [1.807, 2.05) is 6.07 Å². The molecule has 0 aliphatic rings. The maximum Gasteiger partial charge on any atom is 0.228 e. The molecule has 4 aromatic rings. The smallest absolute Gasteiger partial charge is 0.228 e. The van der Waals surface area contributed by atoms with E-state index >= 15 is 0 Å². The number of halogens is 3. The monoisotopic (exact) mass is 512 g/mol. The van der Waals surface area contributed by atoms with E-state index in [1.54, 1.807) is 19.1 Å². The predicted molar refractivity (Wildman–Crippen MR) is 124 cm³/mol. The van der Waals surface area contributed by atoms with Gasteiger partial charge in [-0.25, -0.2) is 37.1 Å². The maximum absolute atomic E-state index is 14.2. The molecule has 1 N–H and O–H groups in total. The Labute approximate surface area is 204 Å². The van der Waals surface area contributed by atoms with Gasteiger partial charge >= 0.3 is 0 Å². The molecule has 8 nitrogen and oxygen atoms in total. The van der Waals surface area contributed by atoms with E-state index in [-0.39, 0.29) is 16.7 Å². The number of hydrogen-bond acceptors (Lipinski definition) is 8. The molecule has 176 valence electrons. The van der Waals surface area contributed by atoms with Crippen molar-refractivity contribution in [1.29, 1.82) is 5.26 Å². The minimum atomic E-state index is -4.19. The van der Waals surface area contributed by atoms with Crippen molar-refractivity contribution >= 4 is 33.2 Å². The Bertz CT molecular complexity index is 1570. The summed E-state index contributed by atoms with van der Waals surface area (Å²) in [6.45, 7) is 1.67. The SMILES string of the molecule is Cc1c(-c2ccnc(Nc3ncc(C#N)cn3)c2)cnc(Cl)c1CS(=O)(=O)c1ccc(F)cc1F. The first-order valence-electron chi connectivity index (χ1n) is 9.95. The highest BCUT2D eigenvalue weighted by atomic mass is 35.5. The van der Waals surface area contributed by atoms with E-state index in [9.17, 15) is 17.2 Å². The van der Waals surface area contributed by atoms with Gasteiger partial charge in [0.2, 0.25) is 5.95 Å². The predicted octanol–water partition coefficient (Wildman–Crippen LogP) is 4.76. The summed E-state index contributed by atoms with van der Waals surface area (Å²) in [4.78, 5) is 15.8. The van der Waals surface area contributed by atoms with Crippen molar-refractivity contribution in [2.24, 2.45) is 0 Å². The molecule has 0 fully saturated rings. The first-order valence-corrected chi connectivity index (χ1v) is 12.0. The van der Waals surface area contributed by atoms with E-state index < -0.39 is 32.1 Å². The highest BCUT2D eigenvalue weighted by Gasteiger charge is 2.24. The summed E-state index contributed by atoms with van der Waals surface area (Å²) >= 11 is 6.22. The van der Waals surface area contributed by atoms with Gasteiger partial charge in [0.1, 0.15) is 33.6 Å². The maximum atomic E-state index is 14.2. The number of benzene rings is 1. The first-order chi connectivity index (χ1) is 16.7. The molecule has 4 rings (SSSR count). The highest BCUT2D eigenvalue weighted by Crippen LogP contribution is 2.32. The van der Waals surface area contributed by atoms with Gasteiger partial charge < -0.3 is 5.32 Å². The third-order valence-electron chi connectivity index (χ3n) is 5.07. The zero-order valence-electron chi connectivity index (χ0n) is 18.0. The number of rotatable bonds is 6. The highest BCUT2D eigenvalue weighted by molar-refractivity contribution is 7.90. The minimum absolute atomic E-state index is 0.0456. The van der Waals surface area contributed by atoms with Crippen LogP contribution in [0.15, 0.2) is 60.0 Å². The second-order valence-corrected chi connectivity index (χ2v) is 9.68. The molecule has 35 heavy (non-hydrogen) atoms. The molecule has 0 radical (unpaired) electrons. The molecule has 1 aromatic carbocycles. The molecule has 0 bridgehead atoms. The number of nitriles is 1. The van der Waals surface area contributed by atoms with Crippen LogP contribution in [0.1, 0.15) is 16.7 Å². The second kappa shape index (κ2) is 9.69. The van der Waals surface area contributed by atoms with Gasteiger partial charge in [-0.3, -0.25) is 0 Å². The van der Waals surface area contributed by atoms with Gasteiger partial charge in [0.05, 0.1) is 23.7 Å². The van der Waals surface area contributed by atoms with Crippen LogP contribution in [-0.4, -0.2) is 28.4 Å². The largest absolute Gasteiger partial charge is 0.309 e. The van der Waals surface area contributed by atoms with Crippen LogP contribution < -0.4 is 5.32 Å². The molecule has 0 aliphatic carbocycles. The van der Waals surface area contributed by atoms with Crippen molar-refractivity contribution in [3.05, 3.63) is 88.6 Å². The van der Waals surface area contributed by atoms with Crippen molar-refractivity contribution in [2.45, 2.75) is 17.6 Å². The van der Waals surface area contributed by atoms with Gasteiger partial charge in [-0.05, 0) is 42.3 Å². The number of nitrogens with one attached hydrogen (secondary N) is 1. The fraction of sp³-hybridized carbons (Fsp3) is 0.0870. The van der Waals surface area contributed by atoms with E-state index in [4.69, 9.17) is 16.9 Å². The van der Waals surface area contributed by atoms with E-state index in [0.29, 0.717) is 34.1 Å². The summed E-state index contributed by atoms with van der Waals surface area (Å²) in [5.74, 6) is -2.07. The molecule has 0 unspecified atom stereocenters. The lowest BCUT2D eigenvalue weighted by Crippen LogP contribution is -2.10. The van der Waals surface area contributed by atoms with E-state index in [0.717, 1.165) is 12.1 Å². The Kier molecular flexibility index (Phi) is 6.68. The van der Waals surface area contributed by atoms with E-state index in [2.05, 4.69) is 25.3 Å². The molecular weight excluding hydrogens is 498 g/mol. The number of hydrogen-bond donors (Lipinski definition) is 1. The summed E-state index contributed by atoms with van der Waals surface area (Å²) in [6.07, 6.45) is 5.75. The molecule has 0 amide bonds. The molecule has 0 aliphatic heterocycles. The Balaban J connectivity index is 1.67. The van der Waals surface area contributed by atoms with Gasteiger partial charge in [-0.15, -0.1) is 0 Å². The van der Waals surface area contributed by atoms with Crippen LogP contribution in [0.25, 0.3) is 11.1 Å². The van der Waals surface area contributed by atoms with Crippen molar-refractivity contribution in [2.75, 3.05) is 5.32 Å². The average molecular weight is 513 g/mol. The summed E-state index contributed by atoms with van der Waals surface area (Å²) in [6, 6.07) is 7.57. The van der Waals surface area contributed by atoms with Crippen molar-refractivity contribution in [3.8, 4) is 17.2 Å². The fourth-order valence-electron chi connectivity index (χ4n) is 3.30. The molecule has 12 heteroatoms. The zero-order chi connectivity index (χ0) is 25.2. The van der Waals surface area contributed by atoms with Crippen molar-refractivity contribution < 1.29 is 17.2 Å². The van der Waals surface area contributed by atoms with Gasteiger partial charge in [0.25, 0.3) is 0 Å². The molecule has 0 saturated carbocycles. The topological polar surface area (TPSA) is 122 Å². The van der Waals surface area contributed by atoms with Gasteiger partial charge in [0.15, 0.2) is 9.84 Å². The third-order valence-corrected chi connectivity index (χ3v) is 7.06. The van der Waals surface area contributed by atoms with Crippen LogP contribution in [0.5, 0.6) is 0 Å². The quantitative estimate of drug-likeness (QED) is 0.290. The number of sulfone groups is 1. The molecule has 3 aromatic heterocycles. The van der Waals surface area contributed by atoms with Gasteiger partial charge in [0, 0.05) is 29.6 Å². The summed E-state index contributed by atoms with van der Waals surface area (Å²) in [5.41, 5.74) is 2.23. The van der Waals surface area contributed by atoms with E-state index in [1.165, 1.54) is 24.8 Å². The third kappa shape index (κ3) is 5.24. The summed E-state index contributed by atoms with van der Waals surface area (Å²) in [7, 11) is -4.19. The Morgan fingerprint density at radius 2 is 1.80 bits per heavy atom. The lowest BCUT2D eigenvalue weighted by molar-refractivity contribution is 0.548. The second-order valence-electron chi connectivity index (χ2n) is 7.36. The lowest BCUT2D eigenvalue weighted by Gasteiger charge is -2.14. The lowest BCUT2D eigenvalue weighted by atomic mass is 10.0. The Morgan fingerprint density at radius 3 is 2.49 bits per heavy atom. The molecule has 3 heterocycles. The van der Waals surface area contributed by atoms with Crippen LogP contribution in [0.3, 0.4) is 0 Å². The number of anilines is 2. The van der Waals surface area contributed by atoms with Crippen molar-refractivity contribution in [1.82, 2.24) is 19.9 Å². The zero-order valence-corrected chi connectivity index (χ0v) is 19.6. The molecule has 0 atom stereocenters. The minimum Gasteiger partial charge on any atom is -0.309 e. The first kappa shape index (κ1) is 24.1. The normalized spacial score (nSPS) is 11.2.